The molecule has 4 saturated heterocycles. The first-order chi connectivity index (χ1) is 30.9. The monoisotopic (exact) mass is 934 g/mol. The highest BCUT2D eigenvalue weighted by atomic mass is 32.2. The van der Waals surface area contributed by atoms with E-state index in [1.165, 1.54) is 44.1 Å². The van der Waals surface area contributed by atoms with Crippen molar-refractivity contribution in [2.24, 2.45) is 17.1 Å². The Labute approximate surface area is 393 Å². The fourth-order valence-electron chi connectivity index (χ4n) is 9.83. The third-order valence-corrected chi connectivity index (χ3v) is 15.3. The van der Waals surface area contributed by atoms with Crippen LogP contribution in [0, 0.1) is 11.3 Å². The molecule has 13 nitrogen and oxygen atoms in total. The summed E-state index contributed by atoms with van der Waals surface area (Å²) in [5.74, 6) is -0.136. The van der Waals surface area contributed by atoms with E-state index >= 15 is 0 Å². The number of hydrogen-bond donors (Lipinski definition) is 1. The fourth-order valence-corrected chi connectivity index (χ4v) is 11.8. The zero-order valence-corrected chi connectivity index (χ0v) is 41.8. The second-order valence-corrected chi connectivity index (χ2v) is 21.2. The molecule has 1 aromatic carbocycles. The number of hydrogen-bond acceptors (Lipinski definition) is 14. The van der Waals surface area contributed by atoms with E-state index in [1.807, 2.05) is 24.5 Å². The molecule has 7 unspecified atom stereocenters. The molecule has 1 amide bonds. The summed E-state index contributed by atoms with van der Waals surface area (Å²) in [6, 6.07) is 10.3. The summed E-state index contributed by atoms with van der Waals surface area (Å²) in [5.41, 5.74) is 12.4. The van der Waals surface area contributed by atoms with Gasteiger partial charge in [-0.25, -0.2) is 9.99 Å². The van der Waals surface area contributed by atoms with Gasteiger partial charge >= 0.3 is 0 Å². The van der Waals surface area contributed by atoms with Crippen LogP contribution in [-0.2, 0) is 43.2 Å². The van der Waals surface area contributed by atoms with E-state index in [2.05, 4.69) is 107 Å². The van der Waals surface area contributed by atoms with Crippen molar-refractivity contribution >= 4 is 70.8 Å². The molecule has 8 rings (SSSR count). The summed E-state index contributed by atoms with van der Waals surface area (Å²) < 4.78 is 16.2. The van der Waals surface area contributed by atoms with E-state index in [4.69, 9.17) is 24.2 Å². The number of piperidine rings is 1. The number of aldehydes is 1. The number of amides is 1. The molecule has 4 aliphatic heterocycles. The van der Waals surface area contributed by atoms with E-state index in [1.54, 1.807) is 30.2 Å². The van der Waals surface area contributed by atoms with Gasteiger partial charge in [-0.05, 0) is 115 Å². The molecule has 16 heteroatoms. The number of aromatic nitrogens is 3. The number of nitrogens with two attached hydrogens (primary N) is 1. The number of pyridine rings is 1. The Bertz CT molecular complexity index is 2170. The van der Waals surface area contributed by atoms with Crippen LogP contribution in [0.25, 0.3) is 33.4 Å². The number of piperazine rings is 1. The molecule has 2 bridgehead atoms. The lowest BCUT2D eigenvalue weighted by Crippen LogP contribution is -2.59. The molecule has 3 aromatic heterocycles. The molecule has 0 saturated carbocycles. The fraction of sp³-hybridized carbons (Fsp3) is 0.604. The van der Waals surface area contributed by atoms with Gasteiger partial charge < -0.3 is 29.5 Å². The molecule has 7 heterocycles. The third-order valence-electron chi connectivity index (χ3n) is 13.3. The van der Waals surface area contributed by atoms with Crippen molar-refractivity contribution in [1.82, 2.24) is 28.9 Å². The Balaban J connectivity index is 0.00000107. The van der Waals surface area contributed by atoms with Crippen LogP contribution < -0.4 is 10.6 Å². The molecule has 0 aliphatic carbocycles. The number of thiazole rings is 1. The number of likely N-dealkylation sites (N-methyl/N-ethyl adjacent to an activating group) is 1. The highest BCUT2D eigenvalue weighted by Crippen LogP contribution is 2.48. The van der Waals surface area contributed by atoms with Crippen LogP contribution in [0.2, 0.25) is 0 Å². The van der Waals surface area contributed by atoms with Crippen molar-refractivity contribution in [1.29, 1.82) is 0 Å². The quantitative estimate of drug-likeness (QED) is 0.0654. The predicted octanol–water partition coefficient (Wildman–Crippen LogP) is 8.49. The number of aryl methyl sites for hydroxylation is 1. The molecular formula is C48H70N8O5S3. The standard InChI is InChI=1S/C45H61N7O4S2.C2H6S.CH3NO/c1-8-50-40-16-15-31(39-26-57-41(47-39)19-32(25-53)29(2)51-17-10-9-14-42-52(51)58-42)18-36(40)38(21-45(4,5)27-56-28-54)44(50)37-20-35(22-46-43(37)30(3)55-7)49-23-33-12-11-13-34(24-49)48(33)6;1-3-2;2-1-3/h15-16,18,20,22,25-26,28-30,32-34,42H,8-14,17,19,21,23-24,27H2,1-7H3;1-2H3;1H,(H2,2,3). The van der Waals surface area contributed by atoms with Gasteiger partial charge in [0.25, 0.3) is 6.47 Å². The largest absolute Gasteiger partial charge is 0.467 e. The van der Waals surface area contributed by atoms with Crippen LogP contribution in [0.3, 0.4) is 0 Å². The van der Waals surface area contributed by atoms with Gasteiger partial charge in [0, 0.05) is 96.6 Å². The van der Waals surface area contributed by atoms with Gasteiger partial charge in [0.15, 0.2) is 0 Å². The number of nitrogens with zero attached hydrogens (tertiary/aromatic N) is 7. The van der Waals surface area contributed by atoms with Crippen molar-refractivity contribution in [3.63, 3.8) is 0 Å². The zero-order valence-electron chi connectivity index (χ0n) is 39.3. The molecule has 4 fully saturated rings. The smallest absolute Gasteiger partial charge is 0.293 e. The maximum absolute atomic E-state index is 12.6. The van der Waals surface area contributed by atoms with E-state index in [0.717, 1.165) is 82.3 Å². The Morgan fingerprint density at radius 1 is 1.05 bits per heavy atom. The number of benzene rings is 1. The minimum atomic E-state index is -0.344. The molecule has 7 atom stereocenters. The second-order valence-electron chi connectivity index (χ2n) is 18.3. The molecule has 2 N–H and O–H groups in total. The first kappa shape index (κ1) is 49.9. The van der Waals surface area contributed by atoms with Crippen LogP contribution in [0.4, 0.5) is 5.69 Å². The van der Waals surface area contributed by atoms with Crippen molar-refractivity contribution in [3.8, 4) is 22.5 Å². The van der Waals surface area contributed by atoms with Gasteiger partial charge in [-0.1, -0.05) is 26.3 Å². The van der Waals surface area contributed by atoms with Gasteiger partial charge in [-0.2, -0.15) is 16.2 Å². The number of fused-ring (bicyclic) bond motifs is 4. The van der Waals surface area contributed by atoms with Crippen LogP contribution in [0.15, 0.2) is 35.8 Å². The minimum Gasteiger partial charge on any atom is -0.467 e. The van der Waals surface area contributed by atoms with Crippen LogP contribution in [0.5, 0.6) is 0 Å². The Kier molecular flexibility index (Phi) is 17.8. The zero-order chi connectivity index (χ0) is 46.1. The average molecular weight is 935 g/mol. The van der Waals surface area contributed by atoms with Crippen molar-refractivity contribution < 1.29 is 23.9 Å². The summed E-state index contributed by atoms with van der Waals surface area (Å²) in [5, 5.41) is 7.27. The van der Waals surface area contributed by atoms with Gasteiger partial charge in [-0.15, -0.1) is 11.3 Å². The first-order valence-corrected chi connectivity index (χ1v) is 26.1. The van der Waals surface area contributed by atoms with Gasteiger partial charge in [0.05, 0.1) is 52.1 Å². The van der Waals surface area contributed by atoms with E-state index < -0.39 is 0 Å². The number of methoxy groups -OCH3 is 1. The number of primary amides is 1. The number of ether oxygens (including phenoxy) is 2. The van der Waals surface area contributed by atoms with E-state index in [-0.39, 0.29) is 29.9 Å². The average Bonchev–Trinajstić information content (AvgIpc) is 3.84. The molecule has 350 valence electrons. The van der Waals surface area contributed by atoms with Crippen molar-refractivity contribution in [2.75, 3.05) is 57.8 Å². The summed E-state index contributed by atoms with van der Waals surface area (Å²) in [7, 11) is 4.05. The molecule has 0 radical (unpaired) electrons. The van der Waals surface area contributed by atoms with Crippen molar-refractivity contribution in [3.05, 3.63) is 52.1 Å². The molecule has 4 aromatic rings. The number of thioether (sulfide) groups is 1. The van der Waals surface area contributed by atoms with Crippen LogP contribution >= 0.6 is 35.0 Å². The molecule has 4 aliphatic rings. The maximum Gasteiger partial charge on any atom is 0.293 e. The maximum atomic E-state index is 12.6. The highest BCUT2D eigenvalue weighted by Gasteiger charge is 2.45. The molecular weight excluding hydrogens is 865 g/mol. The highest BCUT2D eigenvalue weighted by molar-refractivity contribution is 8.03. The van der Waals surface area contributed by atoms with Gasteiger partial charge in [-0.3, -0.25) is 19.5 Å². The molecule has 0 spiro atoms. The number of hydrazine groups is 1. The topological polar surface area (TPSA) is 139 Å². The number of rotatable bonds is 16. The number of carbonyl (C=O) groups excluding carboxylic acids is 3. The second kappa shape index (κ2) is 22.8. The van der Waals surface area contributed by atoms with Crippen LogP contribution in [0.1, 0.15) is 95.5 Å². The number of carbonyl (C=O) groups is 3. The Morgan fingerprint density at radius 2 is 1.77 bits per heavy atom. The summed E-state index contributed by atoms with van der Waals surface area (Å²) in [6.45, 7) is 15.4. The third kappa shape index (κ3) is 11.4. The van der Waals surface area contributed by atoms with Gasteiger partial charge in [0.2, 0.25) is 6.41 Å². The summed E-state index contributed by atoms with van der Waals surface area (Å²) >= 11 is 5.30. The Hall–Kier alpha value is -3.51. The lowest BCUT2D eigenvalue weighted by molar-refractivity contribution is -0.131. The van der Waals surface area contributed by atoms with Gasteiger partial charge in [0.1, 0.15) is 6.29 Å². The lowest BCUT2D eigenvalue weighted by Gasteiger charge is -2.49. The van der Waals surface area contributed by atoms with E-state index in [9.17, 15) is 9.59 Å². The summed E-state index contributed by atoms with van der Waals surface area (Å²) in [6.07, 6.45) is 16.0. The SMILES string of the molecule is CCn1c(-c2cc(N3CC4CCCC(C3)N4C)cnc2C(C)OC)c(CC(C)(C)COC=O)c2cc(-c3csc(CC(C=O)C(C)N4CCCCC5SN54)n3)ccc21.CSC.NC=O. The van der Waals surface area contributed by atoms with Crippen molar-refractivity contribution in [2.45, 2.75) is 122 Å². The van der Waals surface area contributed by atoms with E-state index in [0.29, 0.717) is 43.4 Å². The summed E-state index contributed by atoms with van der Waals surface area (Å²) in [4.78, 5) is 48.1. The van der Waals surface area contributed by atoms with Crippen LogP contribution in [-0.4, -0.2) is 124 Å². The normalized spacial score (nSPS) is 22.4. The first-order valence-electron chi connectivity index (χ1n) is 22.8. The lowest BCUT2D eigenvalue weighted by atomic mass is 9.84. The predicted molar refractivity (Wildman–Crippen MR) is 264 cm³/mol. The number of anilines is 1. The Morgan fingerprint density at radius 3 is 2.42 bits per heavy atom. The molecule has 64 heavy (non-hydrogen) atoms. The minimum absolute atomic E-state index is 0.118.